The molecular formula is C30H26FN3O5. The summed E-state index contributed by atoms with van der Waals surface area (Å²) < 4.78 is 24.1. The number of methoxy groups -OCH3 is 2. The van der Waals surface area contributed by atoms with Gasteiger partial charge in [-0.25, -0.2) is 9.18 Å². The van der Waals surface area contributed by atoms with E-state index in [0.29, 0.717) is 16.9 Å². The summed E-state index contributed by atoms with van der Waals surface area (Å²) in [6.07, 6.45) is 3.33. The third-order valence-electron chi connectivity index (χ3n) is 7.23. The lowest BCUT2D eigenvalue weighted by molar-refractivity contribution is -0.150. The Kier molecular flexibility index (Phi) is 6.98. The molecule has 0 saturated carbocycles. The van der Waals surface area contributed by atoms with Gasteiger partial charge in [-0.15, -0.1) is 0 Å². The predicted molar refractivity (Wildman–Crippen MR) is 140 cm³/mol. The molecule has 8 nitrogen and oxygen atoms in total. The molecule has 0 amide bonds. The summed E-state index contributed by atoms with van der Waals surface area (Å²) in [6.45, 7) is 0. The molecule has 3 atom stereocenters. The number of rotatable bonds is 5. The molecule has 0 unspecified atom stereocenters. The fourth-order valence-corrected chi connectivity index (χ4v) is 5.51. The van der Waals surface area contributed by atoms with E-state index >= 15 is 0 Å². The van der Waals surface area contributed by atoms with Gasteiger partial charge in [0.1, 0.15) is 17.6 Å². The van der Waals surface area contributed by atoms with Crippen LogP contribution in [0.4, 0.5) is 10.1 Å². The molecule has 2 N–H and O–H groups in total. The molecule has 3 aromatic rings. The minimum Gasteiger partial charge on any atom is -0.468 e. The molecule has 2 aliphatic rings. The van der Waals surface area contributed by atoms with Crippen LogP contribution in [0.1, 0.15) is 29.4 Å². The molecule has 1 aliphatic carbocycles. The van der Waals surface area contributed by atoms with Crippen molar-refractivity contribution in [2.75, 3.05) is 19.1 Å². The molecular weight excluding hydrogens is 501 g/mol. The summed E-state index contributed by atoms with van der Waals surface area (Å²) in [4.78, 5) is 46.6. The fourth-order valence-electron chi connectivity index (χ4n) is 5.51. The Hall–Kier alpha value is -4.79. The van der Waals surface area contributed by atoms with Crippen molar-refractivity contribution < 1.29 is 28.2 Å². The van der Waals surface area contributed by atoms with Gasteiger partial charge in [0, 0.05) is 35.3 Å². The van der Waals surface area contributed by atoms with Crippen LogP contribution in [0.2, 0.25) is 0 Å². The van der Waals surface area contributed by atoms with Crippen molar-refractivity contribution >= 4 is 23.4 Å². The van der Waals surface area contributed by atoms with E-state index in [1.165, 1.54) is 38.5 Å². The molecule has 2 aromatic carbocycles. The van der Waals surface area contributed by atoms with Gasteiger partial charge in [-0.1, -0.05) is 36.4 Å². The summed E-state index contributed by atoms with van der Waals surface area (Å²) in [5, 5.41) is 0. The minimum absolute atomic E-state index is 0.0173. The highest BCUT2D eigenvalue weighted by atomic mass is 19.1. The number of hydrogen-bond acceptors (Lipinski definition) is 8. The number of hydrogen-bond donors (Lipinski definition) is 1. The summed E-state index contributed by atoms with van der Waals surface area (Å²) in [5.41, 5.74) is 9.18. The highest BCUT2D eigenvalue weighted by Crippen LogP contribution is 2.51. The molecule has 1 aliphatic heterocycles. The van der Waals surface area contributed by atoms with E-state index in [9.17, 15) is 18.8 Å². The zero-order chi connectivity index (χ0) is 27.7. The van der Waals surface area contributed by atoms with Gasteiger partial charge < -0.3 is 15.2 Å². The largest absolute Gasteiger partial charge is 0.468 e. The number of anilines is 1. The first-order valence-corrected chi connectivity index (χ1v) is 12.3. The molecule has 198 valence electrons. The normalized spacial score (nSPS) is 20.9. The average molecular weight is 528 g/mol. The second-order valence-corrected chi connectivity index (χ2v) is 9.27. The number of ketones is 1. The molecule has 0 fully saturated rings. The smallest absolute Gasteiger partial charge is 0.338 e. The number of carbonyl (C=O) groups excluding carboxylic acids is 3. The molecule has 0 spiro atoms. The Morgan fingerprint density at radius 2 is 1.67 bits per heavy atom. The van der Waals surface area contributed by atoms with Gasteiger partial charge in [0.05, 0.1) is 25.7 Å². The standard InChI is InChI=1S/C30H26FN3O5/c1-38-29(36)24-21(17-7-4-3-5-8-17)15-22-25(27(24)35)23(18-9-6-14-33-16-18)26(30(37)39-2)28(32)34(22)20-12-10-19(31)11-13-20/h3-14,16,21,23-24H,15,32H2,1-2H3/t21-,23-,24-/m0/s1. The Balaban J connectivity index is 1.82. The van der Waals surface area contributed by atoms with Gasteiger partial charge in [-0.3, -0.25) is 19.5 Å². The topological polar surface area (TPSA) is 112 Å². The molecule has 39 heavy (non-hydrogen) atoms. The number of pyridine rings is 1. The van der Waals surface area contributed by atoms with E-state index < -0.39 is 41.3 Å². The number of carbonyl (C=O) groups is 3. The van der Waals surface area contributed by atoms with Crippen LogP contribution >= 0.6 is 0 Å². The van der Waals surface area contributed by atoms with Crippen LogP contribution in [0, 0.1) is 11.7 Å². The zero-order valence-corrected chi connectivity index (χ0v) is 21.3. The lowest BCUT2D eigenvalue weighted by Crippen LogP contribution is -2.46. The highest BCUT2D eigenvalue weighted by molar-refractivity contribution is 6.14. The number of allylic oxidation sites excluding steroid dienone is 2. The molecule has 1 aromatic heterocycles. The van der Waals surface area contributed by atoms with Crippen LogP contribution in [-0.4, -0.2) is 36.9 Å². The molecule has 9 heteroatoms. The third kappa shape index (κ3) is 4.46. The number of nitrogens with two attached hydrogens (primary N) is 1. The maximum absolute atomic E-state index is 14.4. The number of benzene rings is 2. The Bertz CT molecular complexity index is 1490. The van der Waals surface area contributed by atoms with Crippen molar-refractivity contribution in [3.8, 4) is 0 Å². The maximum atomic E-state index is 14.4. The van der Waals surface area contributed by atoms with Gasteiger partial charge in [0.15, 0.2) is 5.78 Å². The average Bonchev–Trinajstić information content (AvgIpc) is 2.97. The molecule has 0 bridgehead atoms. The monoisotopic (exact) mass is 527 g/mol. The molecule has 0 saturated heterocycles. The second kappa shape index (κ2) is 10.5. The van der Waals surface area contributed by atoms with Crippen molar-refractivity contribution in [1.29, 1.82) is 0 Å². The highest BCUT2D eigenvalue weighted by Gasteiger charge is 2.51. The summed E-state index contributed by atoms with van der Waals surface area (Å²) in [6, 6.07) is 18.2. The second-order valence-electron chi connectivity index (χ2n) is 9.27. The lowest BCUT2D eigenvalue weighted by Gasteiger charge is -2.44. The number of ether oxygens (including phenoxy) is 2. The van der Waals surface area contributed by atoms with Crippen molar-refractivity contribution in [3.05, 3.63) is 119 Å². The minimum atomic E-state index is -1.16. The van der Waals surface area contributed by atoms with Crippen molar-refractivity contribution in [3.63, 3.8) is 0 Å². The lowest BCUT2D eigenvalue weighted by atomic mass is 9.67. The Morgan fingerprint density at radius 1 is 0.974 bits per heavy atom. The van der Waals surface area contributed by atoms with Crippen LogP contribution in [-0.2, 0) is 23.9 Å². The molecule has 0 radical (unpaired) electrons. The first kappa shape index (κ1) is 25.8. The van der Waals surface area contributed by atoms with Crippen LogP contribution in [0.25, 0.3) is 0 Å². The van der Waals surface area contributed by atoms with Gasteiger partial charge in [-0.2, -0.15) is 0 Å². The zero-order valence-electron chi connectivity index (χ0n) is 21.3. The summed E-state index contributed by atoms with van der Waals surface area (Å²) in [7, 11) is 2.46. The first-order valence-electron chi connectivity index (χ1n) is 12.3. The number of aromatic nitrogens is 1. The van der Waals surface area contributed by atoms with E-state index in [2.05, 4.69) is 4.98 Å². The van der Waals surface area contributed by atoms with Crippen LogP contribution in [0.5, 0.6) is 0 Å². The van der Waals surface area contributed by atoms with Crippen LogP contribution in [0.15, 0.2) is 102 Å². The van der Waals surface area contributed by atoms with E-state index in [1.54, 1.807) is 29.4 Å². The summed E-state index contributed by atoms with van der Waals surface area (Å²) in [5.74, 6) is -5.02. The number of Topliss-reactive ketones (excluding diaryl/α,β-unsaturated/α-hetero) is 1. The van der Waals surface area contributed by atoms with Gasteiger partial charge >= 0.3 is 11.9 Å². The number of nitrogens with zero attached hydrogens (tertiary/aromatic N) is 2. The Morgan fingerprint density at radius 3 is 2.28 bits per heavy atom. The molecule has 2 heterocycles. The van der Waals surface area contributed by atoms with Crippen molar-refractivity contribution in [2.24, 2.45) is 11.7 Å². The van der Waals surface area contributed by atoms with Crippen molar-refractivity contribution in [1.82, 2.24) is 4.98 Å². The van der Waals surface area contributed by atoms with Gasteiger partial charge in [-0.05, 0) is 47.9 Å². The molecule has 5 rings (SSSR count). The Labute approximate surface area is 224 Å². The van der Waals surface area contributed by atoms with Gasteiger partial charge in [0.25, 0.3) is 0 Å². The predicted octanol–water partition coefficient (Wildman–Crippen LogP) is 3.97. The van der Waals surface area contributed by atoms with E-state index in [-0.39, 0.29) is 23.4 Å². The van der Waals surface area contributed by atoms with Crippen LogP contribution in [0.3, 0.4) is 0 Å². The summed E-state index contributed by atoms with van der Waals surface area (Å²) >= 11 is 0. The third-order valence-corrected chi connectivity index (χ3v) is 7.23. The number of halogens is 1. The fraction of sp³-hybridized carbons (Fsp3) is 0.200. The quantitative estimate of drug-likeness (QED) is 0.392. The number of esters is 2. The van der Waals surface area contributed by atoms with Crippen molar-refractivity contribution in [2.45, 2.75) is 18.3 Å². The SMILES string of the molecule is COC(=O)C1=C(N)N(c2ccc(F)cc2)C2=C(C(=O)[C@@H](C(=O)OC)[C@H](c3ccccc3)C2)[C@@H]1c1cccnc1. The van der Waals surface area contributed by atoms with Crippen LogP contribution < -0.4 is 10.6 Å². The van der Waals surface area contributed by atoms with E-state index in [0.717, 1.165) is 5.56 Å². The maximum Gasteiger partial charge on any atom is 0.338 e. The first-order chi connectivity index (χ1) is 18.9. The van der Waals surface area contributed by atoms with E-state index in [4.69, 9.17) is 15.2 Å². The van der Waals surface area contributed by atoms with Gasteiger partial charge in [0.2, 0.25) is 0 Å². The van der Waals surface area contributed by atoms with E-state index in [1.807, 2.05) is 30.3 Å².